The molecule has 156 valence electrons. The van der Waals surface area contributed by atoms with Crippen molar-refractivity contribution in [2.45, 2.75) is 19.8 Å². The first-order valence-corrected chi connectivity index (χ1v) is 11.0. The number of allylic oxidation sites excluding steroid dienone is 1. The van der Waals surface area contributed by atoms with Crippen LogP contribution in [0, 0.1) is 0 Å². The van der Waals surface area contributed by atoms with Crippen LogP contribution in [0.4, 0.5) is 0 Å². The van der Waals surface area contributed by atoms with Gasteiger partial charge in [0.15, 0.2) is 11.4 Å². The van der Waals surface area contributed by atoms with Gasteiger partial charge in [0.2, 0.25) is 5.89 Å². The number of unbranched alkanes of at least 4 members (excludes halogenated alkanes) is 1. The van der Waals surface area contributed by atoms with Crippen LogP contribution in [-0.2, 0) is 0 Å². The largest absolute Gasteiger partial charge is 0.494 e. The molecule has 0 bridgehead atoms. The number of carbonyl (C=O) groups is 1. The number of nitrogens with zero attached hydrogens (tertiary/aromatic N) is 1. The normalized spacial score (nSPS) is 11.6. The molecule has 3 aromatic carbocycles. The predicted octanol–water partition coefficient (Wildman–Crippen LogP) is 7.19. The number of carbonyl (C=O) groups excluding carboxylic acids is 1. The van der Waals surface area contributed by atoms with Gasteiger partial charge in [-0.15, -0.1) is 0 Å². The summed E-state index contributed by atoms with van der Waals surface area (Å²) in [6, 6.07) is 22.4. The van der Waals surface area contributed by atoms with Gasteiger partial charge in [0, 0.05) is 10.0 Å². The molecule has 31 heavy (non-hydrogen) atoms. The number of para-hydroxylation sites is 2. The Labute approximate surface area is 189 Å². The molecule has 0 aliphatic carbocycles. The van der Waals surface area contributed by atoms with Crippen LogP contribution in [0.1, 0.15) is 41.6 Å². The molecule has 0 fully saturated rings. The number of Topliss-reactive ketones (excluding diaryl/α,β-unsaturated/α-hetero) is 1. The molecular weight excluding hydrogens is 454 g/mol. The zero-order chi connectivity index (χ0) is 21.6. The molecule has 1 heterocycles. The van der Waals surface area contributed by atoms with E-state index in [9.17, 15) is 4.79 Å². The standard InChI is InChI=1S/C26H22BrNO3/c1-2-3-15-30-21-13-11-19(12-14-21)25(29)22(17-18-7-6-8-20(27)16-18)26-28-23-9-4-5-10-24(23)31-26/h4-14,16-17H,2-3,15H2,1H3/b22-17-. The quantitative estimate of drug-likeness (QED) is 0.153. The minimum atomic E-state index is -0.161. The molecule has 4 aromatic rings. The average Bonchev–Trinajstić information content (AvgIpc) is 3.22. The summed E-state index contributed by atoms with van der Waals surface area (Å²) in [5.74, 6) is 0.894. The molecule has 5 heteroatoms. The molecule has 4 rings (SSSR count). The summed E-state index contributed by atoms with van der Waals surface area (Å²) in [6.07, 6.45) is 3.88. The lowest BCUT2D eigenvalue weighted by Crippen LogP contribution is -2.04. The van der Waals surface area contributed by atoms with Crippen molar-refractivity contribution in [2.24, 2.45) is 0 Å². The van der Waals surface area contributed by atoms with Gasteiger partial charge >= 0.3 is 0 Å². The van der Waals surface area contributed by atoms with Crippen LogP contribution >= 0.6 is 15.9 Å². The van der Waals surface area contributed by atoms with Crippen LogP contribution in [0.5, 0.6) is 5.75 Å². The van der Waals surface area contributed by atoms with Gasteiger partial charge in [0.1, 0.15) is 11.3 Å². The molecular formula is C26H22BrNO3. The molecule has 0 saturated heterocycles. The fourth-order valence-corrected chi connectivity index (χ4v) is 3.58. The van der Waals surface area contributed by atoms with Gasteiger partial charge in [-0.1, -0.05) is 53.5 Å². The number of rotatable bonds is 8. The van der Waals surface area contributed by atoms with Gasteiger partial charge in [-0.25, -0.2) is 4.98 Å². The lowest BCUT2D eigenvalue weighted by atomic mass is 10.0. The fraction of sp³-hybridized carbons (Fsp3) is 0.154. The molecule has 0 unspecified atom stereocenters. The summed E-state index contributed by atoms with van der Waals surface area (Å²) in [7, 11) is 0. The number of halogens is 1. The average molecular weight is 476 g/mol. The highest BCUT2D eigenvalue weighted by Crippen LogP contribution is 2.27. The first kappa shape index (κ1) is 21.1. The Morgan fingerprint density at radius 2 is 1.87 bits per heavy atom. The molecule has 0 atom stereocenters. The van der Waals surface area contributed by atoms with Crippen molar-refractivity contribution in [3.8, 4) is 5.75 Å². The Kier molecular flexibility index (Phi) is 6.63. The second-order valence-corrected chi connectivity index (χ2v) is 8.07. The lowest BCUT2D eigenvalue weighted by Gasteiger charge is -2.07. The molecule has 0 N–H and O–H groups in total. The monoisotopic (exact) mass is 475 g/mol. The van der Waals surface area contributed by atoms with Crippen molar-refractivity contribution in [3.63, 3.8) is 0 Å². The zero-order valence-electron chi connectivity index (χ0n) is 17.2. The van der Waals surface area contributed by atoms with E-state index in [0.29, 0.717) is 34.7 Å². The molecule has 0 spiro atoms. The molecule has 0 amide bonds. The molecule has 0 radical (unpaired) electrons. The molecule has 1 aromatic heterocycles. The Morgan fingerprint density at radius 1 is 1.06 bits per heavy atom. The SMILES string of the molecule is CCCCOc1ccc(C(=O)/C(=C/c2cccc(Br)c2)c2nc3ccccc3o2)cc1. The van der Waals surface area contributed by atoms with E-state index in [1.807, 2.05) is 66.7 Å². The summed E-state index contributed by atoms with van der Waals surface area (Å²) in [6.45, 7) is 2.79. The maximum atomic E-state index is 13.5. The third-order valence-electron chi connectivity index (χ3n) is 4.81. The van der Waals surface area contributed by atoms with E-state index in [2.05, 4.69) is 27.8 Å². The second-order valence-electron chi connectivity index (χ2n) is 7.16. The van der Waals surface area contributed by atoms with E-state index < -0.39 is 0 Å². The Balaban J connectivity index is 1.70. The van der Waals surface area contributed by atoms with Crippen molar-refractivity contribution in [1.29, 1.82) is 0 Å². The Bertz CT molecular complexity index is 1190. The lowest BCUT2D eigenvalue weighted by molar-refractivity contribution is 0.105. The number of oxazole rings is 1. The highest BCUT2D eigenvalue weighted by molar-refractivity contribution is 9.10. The Hall–Kier alpha value is -3.18. The molecule has 0 saturated carbocycles. The van der Waals surface area contributed by atoms with Gasteiger partial charge in [-0.2, -0.15) is 0 Å². The van der Waals surface area contributed by atoms with E-state index >= 15 is 0 Å². The van der Waals surface area contributed by atoms with Crippen molar-refractivity contribution >= 4 is 44.5 Å². The number of ether oxygens (including phenoxy) is 1. The third kappa shape index (κ3) is 5.12. The maximum Gasteiger partial charge on any atom is 0.231 e. The summed E-state index contributed by atoms with van der Waals surface area (Å²) in [5.41, 5.74) is 3.18. The van der Waals surface area contributed by atoms with Crippen molar-refractivity contribution in [3.05, 3.63) is 94.3 Å². The van der Waals surface area contributed by atoms with Gasteiger partial charge < -0.3 is 9.15 Å². The minimum absolute atomic E-state index is 0.161. The smallest absolute Gasteiger partial charge is 0.231 e. The van der Waals surface area contributed by atoms with Gasteiger partial charge in [0.25, 0.3) is 0 Å². The van der Waals surface area contributed by atoms with Crippen LogP contribution < -0.4 is 4.74 Å². The number of hydrogen-bond acceptors (Lipinski definition) is 4. The number of benzene rings is 3. The Morgan fingerprint density at radius 3 is 2.61 bits per heavy atom. The number of ketones is 1. The molecule has 4 nitrogen and oxygen atoms in total. The summed E-state index contributed by atoms with van der Waals surface area (Å²) in [4.78, 5) is 18.0. The fourth-order valence-electron chi connectivity index (χ4n) is 3.17. The van der Waals surface area contributed by atoms with E-state index in [4.69, 9.17) is 9.15 Å². The van der Waals surface area contributed by atoms with Crippen molar-refractivity contribution < 1.29 is 13.9 Å². The summed E-state index contributed by atoms with van der Waals surface area (Å²) >= 11 is 3.48. The highest BCUT2D eigenvalue weighted by Gasteiger charge is 2.20. The number of fused-ring (bicyclic) bond motifs is 1. The number of hydrogen-bond donors (Lipinski definition) is 0. The molecule has 0 aliphatic heterocycles. The van der Waals surface area contributed by atoms with Crippen molar-refractivity contribution in [1.82, 2.24) is 4.98 Å². The van der Waals surface area contributed by atoms with Gasteiger partial charge in [-0.3, -0.25) is 4.79 Å². The van der Waals surface area contributed by atoms with Crippen LogP contribution in [-0.4, -0.2) is 17.4 Å². The summed E-state index contributed by atoms with van der Waals surface area (Å²) < 4.78 is 12.6. The van der Waals surface area contributed by atoms with Gasteiger partial charge in [-0.05, 0) is 66.6 Å². The van der Waals surface area contributed by atoms with Crippen molar-refractivity contribution in [2.75, 3.05) is 6.61 Å². The van der Waals surface area contributed by atoms with Crippen LogP contribution in [0.3, 0.4) is 0 Å². The highest BCUT2D eigenvalue weighted by atomic mass is 79.9. The van der Waals surface area contributed by atoms with E-state index in [1.54, 1.807) is 12.1 Å². The van der Waals surface area contributed by atoms with Crippen LogP contribution in [0.25, 0.3) is 22.7 Å². The molecule has 0 aliphatic rings. The first-order valence-electron chi connectivity index (χ1n) is 10.2. The van der Waals surface area contributed by atoms with E-state index in [-0.39, 0.29) is 5.78 Å². The van der Waals surface area contributed by atoms with E-state index in [0.717, 1.165) is 28.6 Å². The third-order valence-corrected chi connectivity index (χ3v) is 5.30. The first-order chi connectivity index (χ1) is 15.1. The summed E-state index contributed by atoms with van der Waals surface area (Å²) in [5, 5.41) is 0. The topological polar surface area (TPSA) is 52.3 Å². The maximum absolute atomic E-state index is 13.5. The number of aromatic nitrogens is 1. The zero-order valence-corrected chi connectivity index (χ0v) is 18.8. The van der Waals surface area contributed by atoms with Crippen LogP contribution in [0.15, 0.2) is 81.7 Å². The second kappa shape index (κ2) is 9.75. The van der Waals surface area contributed by atoms with Gasteiger partial charge in [0.05, 0.1) is 12.2 Å². The predicted molar refractivity (Wildman–Crippen MR) is 127 cm³/mol. The van der Waals surface area contributed by atoms with E-state index in [1.165, 1.54) is 0 Å². The van der Waals surface area contributed by atoms with Crippen LogP contribution in [0.2, 0.25) is 0 Å². The minimum Gasteiger partial charge on any atom is -0.494 e.